The fraction of sp³-hybridized carbons (Fsp3) is 0.167. The molecule has 0 saturated heterocycles. The Kier molecular flexibility index (Phi) is 2.44. The Morgan fingerprint density at radius 1 is 1.50 bits per heavy atom. The van der Waals surface area contributed by atoms with Gasteiger partial charge in [-0.05, 0) is 23.7 Å². The molecule has 1 heterocycles. The van der Waals surface area contributed by atoms with Gasteiger partial charge >= 0.3 is 5.38 Å². The van der Waals surface area contributed by atoms with Gasteiger partial charge in [0.05, 0.1) is 5.56 Å². The monoisotopic (exact) mass is 194 g/mol. The molecule has 0 radical (unpaired) electrons. The van der Waals surface area contributed by atoms with Crippen molar-refractivity contribution in [2.75, 3.05) is 5.48 Å². The van der Waals surface area contributed by atoms with Crippen molar-refractivity contribution >= 4 is 17.4 Å². The van der Waals surface area contributed by atoms with Crippen LogP contribution in [0.2, 0.25) is 0 Å². The third kappa shape index (κ3) is 2.02. The number of anilines is 1. The Balaban J connectivity index is 2.93. The van der Waals surface area contributed by atoms with Gasteiger partial charge in [-0.3, -0.25) is 10.7 Å². The molecule has 12 heavy (non-hydrogen) atoms. The van der Waals surface area contributed by atoms with Crippen LogP contribution in [0, 0.1) is 0 Å². The van der Waals surface area contributed by atoms with Crippen LogP contribution in [0.3, 0.4) is 0 Å². The van der Waals surface area contributed by atoms with Crippen molar-refractivity contribution in [3.05, 3.63) is 23.9 Å². The van der Waals surface area contributed by atoms with Crippen LogP contribution in [0.15, 0.2) is 18.3 Å². The summed E-state index contributed by atoms with van der Waals surface area (Å²) in [7, 11) is 0. The maximum atomic E-state index is 12.3. The second kappa shape index (κ2) is 3.20. The van der Waals surface area contributed by atoms with Gasteiger partial charge in [-0.25, -0.2) is 4.98 Å². The second-order valence-electron chi connectivity index (χ2n) is 2.04. The number of rotatable bonds is 2. The molecule has 0 aliphatic heterocycles. The van der Waals surface area contributed by atoms with Crippen LogP contribution in [-0.2, 0) is 5.38 Å². The number of hydrogen-bond acceptors (Lipinski definition) is 3. The molecule has 0 aliphatic rings. The van der Waals surface area contributed by atoms with E-state index in [-0.39, 0.29) is 5.82 Å². The highest BCUT2D eigenvalue weighted by atomic mass is 35.5. The summed E-state index contributed by atoms with van der Waals surface area (Å²) in [4.78, 5) is 3.44. The molecular formula is C6H5ClF2N2O. The maximum absolute atomic E-state index is 12.3. The van der Waals surface area contributed by atoms with E-state index in [1.165, 1.54) is 6.07 Å². The molecule has 0 unspecified atom stereocenters. The third-order valence-electron chi connectivity index (χ3n) is 1.21. The first kappa shape index (κ1) is 9.15. The first-order valence-electron chi connectivity index (χ1n) is 2.97. The van der Waals surface area contributed by atoms with E-state index in [2.05, 4.69) is 4.98 Å². The first-order valence-corrected chi connectivity index (χ1v) is 3.35. The van der Waals surface area contributed by atoms with E-state index >= 15 is 0 Å². The Morgan fingerprint density at radius 2 is 2.17 bits per heavy atom. The van der Waals surface area contributed by atoms with Gasteiger partial charge in [0, 0.05) is 6.20 Å². The fourth-order valence-electron chi connectivity index (χ4n) is 0.628. The predicted octanol–water partition coefficient (Wildman–Crippen LogP) is 2.17. The zero-order valence-corrected chi connectivity index (χ0v) is 6.52. The smallest absolute Gasteiger partial charge is 0.290 e. The van der Waals surface area contributed by atoms with Gasteiger partial charge in [0.2, 0.25) is 0 Å². The van der Waals surface area contributed by atoms with E-state index in [1.807, 2.05) is 0 Å². The molecular weight excluding hydrogens is 190 g/mol. The van der Waals surface area contributed by atoms with Gasteiger partial charge in [0.25, 0.3) is 0 Å². The predicted molar refractivity (Wildman–Crippen MR) is 39.4 cm³/mol. The minimum absolute atomic E-state index is 0.0830. The minimum Gasteiger partial charge on any atom is -0.290 e. The van der Waals surface area contributed by atoms with Gasteiger partial charge in [0.15, 0.2) is 0 Å². The molecule has 66 valence electrons. The maximum Gasteiger partial charge on any atom is 0.349 e. The van der Waals surface area contributed by atoms with Crippen molar-refractivity contribution in [2.45, 2.75) is 5.38 Å². The van der Waals surface area contributed by atoms with E-state index in [1.54, 1.807) is 5.48 Å². The van der Waals surface area contributed by atoms with Crippen LogP contribution < -0.4 is 5.48 Å². The molecule has 0 aromatic carbocycles. The molecule has 0 fully saturated rings. The first-order chi connectivity index (χ1) is 5.54. The van der Waals surface area contributed by atoms with Crippen LogP contribution in [0.4, 0.5) is 14.6 Å². The van der Waals surface area contributed by atoms with Crippen LogP contribution >= 0.6 is 11.6 Å². The van der Waals surface area contributed by atoms with Gasteiger partial charge in [-0.2, -0.15) is 8.78 Å². The fourth-order valence-corrected chi connectivity index (χ4v) is 0.739. The summed E-state index contributed by atoms with van der Waals surface area (Å²) in [6, 6.07) is 2.25. The standard InChI is InChI=1S/C6H5ClF2N2O/c7-6(8,9)4-1-2-5(11-12)10-3-4/h1-3,12H,(H,10,11). The van der Waals surface area contributed by atoms with Crippen molar-refractivity contribution in [1.82, 2.24) is 4.98 Å². The summed E-state index contributed by atoms with van der Waals surface area (Å²) < 4.78 is 24.7. The minimum atomic E-state index is -3.42. The van der Waals surface area contributed by atoms with Crippen molar-refractivity contribution < 1.29 is 14.0 Å². The van der Waals surface area contributed by atoms with Crippen molar-refractivity contribution in [1.29, 1.82) is 0 Å². The average Bonchev–Trinajstić information content (AvgIpc) is 2.03. The lowest BCUT2D eigenvalue weighted by Crippen LogP contribution is -2.04. The molecule has 3 nitrogen and oxygen atoms in total. The number of nitrogens with zero attached hydrogens (tertiary/aromatic N) is 1. The SMILES string of the molecule is ONc1ccc(C(F)(F)Cl)cn1. The van der Waals surface area contributed by atoms with Crippen LogP contribution in [0.5, 0.6) is 0 Å². The largest absolute Gasteiger partial charge is 0.349 e. The van der Waals surface area contributed by atoms with Crippen LogP contribution in [-0.4, -0.2) is 10.2 Å². The van der Waals surface area contributed by atoms with E-state index in [0.717, 1.165) is 12.3 Å². The lowest BCUT2D eigenvalue weighted by molar-refractivity contribution is 0.0947. The molecule has 0 bridgehead atoms. The summed E-state index contributed by atoms with van der Waals surface area (Å²) in [5.74, 6) is 0.0830. The molecule has 0 spiro atoms. The quantitative estimate of drug-likeness (QED) is 0.560. The van der Waals surface area contributed by atoms with E-state index in [9.17, 15) is 8.78 Å². The van der Waals surface area contributed by atoms with E-state index < -0.39 is 10.9 Å². The summed E-state index contributed by atoms with van der Waals surface area (Å²) in [6.07, 6.45) is 0.881. The normalized spacial score (nSPS) is 11.3. The Bertz CT molecular complexity index is 259. The number of aromatic nitrogens is 1. The molecule has 1 aromatic heterocycles. The van der Waals surface area contributed by atoms with Crippen molar-refractivity contribution in [3.8, 4) is 0 Å². The Hall–Kier alpha value is -0.940. The molecule has 0 saturated carbocycles. The number of pyridine rings is 1. The highest BCUT2D eigenvalue weighted by Crippen LogP contribution is 2.31. The van der Waals surface area contributed by atoms with Crippen LogP contribution in [0.1, 0.15) is 5.56 Å². The van der Waals surface area contributed by atoms with Gasteiger partial charge in [-0.15, -0.1) is 0 Å². The zero-order chi connectivity index (χ0) is 9.19. The second-order valence-corrected chi connectivity index (χ2v) is 2.52. The Labute approximate surface area is 71.9 Å². The molecule has 1 aromatic rings. The highest BCUT2D eigenvalue weighted by molar-refractivity contribution is 6.21. The lowest BCUT2D eigenvalue weighted by Gasteiger charge is -2.06. The van der Waals surface area contributed by atoms with Crippen molar-refractivity contribution in [2.24, 2.45) is 0 Å². The van der Waals surface area contributed by atoms with Crippen molar-refractivity contribution in [3.63, 3.8) is 0 Å². The average molecular weight is 195 g/mol. The van der Waals surface area contributed by atoms with Crippen LogP contribution in [0.25, 0.3) is 0 Å². The molecule has 0 aliphatic carbocycles. The van der Waals surface area contributed by atoms with Gasteiger partial charge in [-0.1, -0.05) is 0 Å². The summed E-state index contributed by atoms with van der Waals surface area (Å²) in [5, 5.41) is 4.88. The van der Waals surface area contributed by atoms with Gasteiger partial charge in [0.1, 0.15) is 5.82 Å². The zero-order valence-electron chi connectivity index (χ0n) is 5.76. The van der Waals surface area contributed by atoms with E-state index in [0.29, 0.717) is 0 Å². The lowest BCUT2D eigenvalue weighted by atomic mass is 10.3. The number of alkyl halides is 3. The van der Waals surface area contributed by atoms with Gasteiger partial charge < -0.3 is 0 Å². The molecule has 2 N–H and O–H groups in total. The number of halogens is 3. The summed E-state index contributed by atoms with van der Waals surface area (Å²) in [6.45, 7) is 0. The molecule has 1 rings (SSSR count). The topological polar surface area (TPSA) is 45.1 Å². The molecule has 0 atom stereocenters. The van der Waals surface area contributed by atoms with E-state index in [4.69, 9.17) is 16.8 Å². The molecule has 0 amide bonds. The highest BCUT2D eigenvalue weighted by Gasteiger charge is 2.27. The number of hydrogen-bond donors (Lipinski definition) is 2. The summed E-state index contributed by atoms with van der Waals surface area (Å²) >= 11 is 4.70. The Morgan fingerprint density at radius 3 is 2.50 bits per heavy atom. The third-order valence-corrected chi connectivity index (χ3v) is 1.42. The summed E-state index contributed by atoms with van der Waals surface area (Å²) in [5.41, 5.74) is 1.29. The number of nitrogens with one attached hydrogen (secondary N) is 1. The molecule has 6 heteroatoms.